The second-order valence-electron chi connectivity index (χ2n) is 4.32. The number of sulfonamides is 1. The molecule has 5 nitrogen and oxygen atoms in total. The van der Waals surface area contributed by atoms with Crippen LogP contribution in [-0.2, 0) is 14.8 Å². The number of carbonyl (C=O) groups excluding carboxylic acids is 1. The van der Waals surface area contributed by atoms with Gasteiger partial charge in [-0.15, -0.1) is 6.58 Å². The molecular weight excluding hydrogens is 276 g/mol. The van der Waals surface area contributed by atoms with Crippen molar-refractivity contribution in [3.05, 3.63) is 36.9 Å². The van der Waals surface area contributed by atoms with Gasteiger partial charge in [-0.2, -0.15) is 0 Å². The standard InChI is InChI=1S/C14H20N2O3S/c1-3-5-6-14(17)16-12-7-9-13(10-8-12)20(18,19)15-11-4-2/h4,7-10,15H,2-3,5-6,11H2,1H3,(H,16,17). The van der Waals surface area contributed by atoms with Crippen LogP contribution in [0.25, 0.3) is 0 Å². The van der Waals surface area contributed by atoms with Crippen LogP contribution in [0.1, 0.15) is 26.2 Å². The van der Waals surface area contributed by atoms with E-state index in [9.17, 15) is 13.2 Å². The summed E-state index contributed by atoms with van der Waals surface area (Å²) in [6, 6.07) is 6.07. The van der Waals surface area contributed by atoms with Crippen molar-refractivity contribution in [3.63, 3.8) is 0 Å². The molecule has 0 radical (unpaired) electrons. The number of anilines is 1. The van der Waals surface area contributed by atoms with E-state index in [1.54, 1.807) is 12.1 Å². The van der Waals surface area contributed by atoms with Gasteiger partial charge in [0, 0.05) is 18.7 Å². The van der Waals surface area contributed by atoms with E-state index < -0.39 is 10.0 Å². The highest BCUT2D eigenvalue weighted by atomic mass is 32.2. The molecule has 1 rings (SSSR count). The van der Waals surface area contributed by atoms with Crippen LogP contribution < -0.4 is 10.0 Å². The first kappa shape index (κ1) is 16.4. The molecule has 0 aliphatic rings. The van der Waals surface area contributed by atoms with Gasteiger partial charge in [0.2, 0.25) is 15.9 Å². The molecule has 1 aromatic rings. The van der Waals surface area contributed by atoms with Crippen molar-refractivity contribution >= 4 is 21.6 Å². The maximum atomic E-state index is 11.8. The SMILES string of the molecule is C=CCNS(=O)(=O)c1ccc(NC(=O)CCCC)cc1. The molecule has 1 amide bonds. The van der Waals surface area contributed by atoms with Gasteiger partial charge in [-0.05, 0) is 30.7 Å². The van der Waals surface area contributed by atoms with E-state index in [1.165, 1.54) is 18.2 Å². The van der Waals surface area contributed by atoms with Crippen LogP contribution in [0.2, 0.25) is 0 Å². The lowest BCUT2D eigenvalue weighted by Crippen LogP contribution is -2.23. The normalized spacial score (nSPS) is 11.1. The monoisotopic (exact) mass is 296 g/mol. The molecule has 20 heavy (non-hydrogen) atoms. The van der Waals surface area contributed by atoms with E-state index in [2.05, 4.69) is 16.6 Å². The Hall–Kier alpha value is -1.66. The fourth-order valence-corrected chi connectivity index (χ4v) is 2.53. The summed E-state index contributed by atoms with van der Waals surface area (Å²) in [6.45, 7) is 5.65. The van der Waals surface area contributed by atoms with Crippen molar-refractivity contribution in [2.24, 2.45) is 0 Å². The average Bonchev–Trinajstić information content (AvgIpc) is 2.43. The summed E-state index contributed by atoms with van der Waals surface area (Å²) in [4.78, 5) is 11.7. The molecule has 2 N–H and O–H groups in total. The molecular formula is C14H20N2O3S. The zero-order valence-corrected chi connectivity index (χ0v) is 12.4. The molecule has 0 aromatic heterocycles. The maximum absolute atomic E-state index is 11.8. The summed E-state index contributed by atoms with van der Waals surface area (Å²) in [7, 11) is -3.52. The van der Waals surface area contributed by atoms with Crippen molar-refractivity contribution in [2.75, 3.05) is 11.9 Å². The molecule has 0 aliphatic heterocycles. The van der Waals surface area contributed by atoms with Crippen molar-refractivity contribution in [1.82, 2.24) is 4.72 Å². The van der Waals surface area contributed by atoms with Crippen LogP contribution >= 0.6 is 0 Å². The third-order valence-corrected chi connectivity index (χ3v) is 4.06. The largest absolute Gasteiger partial charge is 0.326 e. The smallest absolute Gasteiger partial charge is 0.240 e. The highest BCUT2D eigenvalue weighted by Gasteiger charge is 2.12. The number of nitrogens with one attached hydrogen (secondary N) is 2. The van der Waals surface area contributed by atoms with Gasteiger partial charge < -0.3 is 5.32 Å². The van der Waals surface area contributed by atoms with Crippen LogP contribution in [0, 0.1) is 0 Å². The third-order valence-electron chi connectivity index (χ3n) is 2.62. The van der Waals surface area contributed by atoms with Gasteiger partial charge in [0.25, 0.3) is 0 Å². The number of rotatable bonds is 8. The zero-order chi connectivity index (χ0) is 15.0. The van der Waals surface area contributed by atoms with Crippen molar-refractivity contribution in [2.45, 2.75) is 31.1 Å². The van der Waals surface area contributed by atoms with E-state index >= 15 is 0 Å². The summed E-state index contributed by atoms with van der Waals surface area (Å²) >= 11 is 0. The molecule has 0 fully saturated rings. The highest BCUT2D eigenvalue weighted by Crippen LogP contribution is 2.14. The Labute approximate surface area is 120 Å². The molecule has 6 heteroatoms. The second-order valence-corrected chi connectivity index (χ2v) is 6.08. The van der Waals surface area contributed by atoms with Gasteiger partial charge in [0.15, 0.2) is 0 Å². The lowest BCUT2D eigenvalue weighted by molar-refractivity contribution is -0.116. The average molecular weight is 296 g/mol. The second kappa shape index (κ2) is 7.81. The minimum Gasteiger partial charge on any atom is -0.326 e. The predicted molar refractivity (Wildman–Crippen MR) is 80.0 cm³/mol. The van der Waals surface area contributed by atoms with Gasteiger partial charge in [-0.1, -0.05) is 19.4 Å². The molecule has 0 heterocycles. The first-order valence-corrected chi connectivity index (χ1v) is 7.98. The molecule has 1 aromatic carbocycles. The van der Waals surface area contributed by atoms with Crippen molar-refractivity contribution in [1.29, 1.82) is 0 Å². The lowest BCUT2D eigenvalue weighted by Gasteiger charge is -2.07. The number of amides is 1. The summed E-state index contributed by atoms with van der Waals surface area (Å²) in [6.07, 6.45) is 3.74. The minimum atomic E-state index is -3.52. The van der Waals surface area contributed by atoms with Gasteiger partial charge in [0.05, 0.1) is 4.90 Å². The Morgan fingerprint density at radius 2 is 1.95 bits per heavy atom. The highest BCUT2D eigenvalue weighted by molar-refractivity contribution is 7.89. The quantitative estimate of drug-likeness (QED) is 0.723. The number of carbonyl (C=O) groups is 1. The van der Waals surface area contributed by atoms with E-state index in [-0.39, 0.29) is 17.3 Å². The van der Waals surface area contributed by atoms with E-state index in [4.69, 9.17) is 0 Å². The van der Waals surface area contributed by atoms with Crippen LogP contribution in [0.4, 0.5) is 5.69 Å². The van der Waals surface area contributed by atoms with Crippen molar-refractivity contribution in [3.8, 4) is 0 Å². The van der Waals surface area contributed by atoms with Crippen LogP contribution in [0.3, 0.4) is 0 Å². The predicted octanol–water partition coefficient (Wildman–Crippen LogP) is 2.28. The number of unbranched alkanes of at least 4 members (excludes halogenated alkanes) is 1. The molecule has 0 bridgehead atoms. The third kappa shape index (κ3) is 5.14. The van der Waals surface area contributed by atoms with E-state index in [0.717, 1.165) is 12.8 Å². The Bertz CT molecular complexity index is 550. The van der Waals surface area contributed by atoms with Crippen LogP contribution in [-0.4, -0.2) is 20.9 Å². The first-order chi connectivity index (χ1) is 9.49. The Balaban J connectivity index is 2.69. The maximum Gasteiger partial charge on any atom is 0.240 e. The van der Waals surface area contributed by atoms with Gasteiger partial charge in [0.1, 0.15) is 0 Å². The number of hydrogen-bond donors (Lipinski definition) is 2. The summed E-state index contributed by atoms with van der Waals surface area (Å²) < 4.78 is 26.0. The Morgan fingerprint density at radius 3 is 2.50 bits per heavy atom. The van der Waals surface area contributed by atoms with Gasteiger partial charge in [-0.25, -0.2) is 13.1 Å². The fourth-order valence-electron chi connectivity index (χ4n) is 1.53. The first-order valence-electron chi connectivity index (χ1n) is 6.50. The summed E-state index contributed by atoms with van der Waals surface area (Å²) in [5.41, 5.74) is 0.591. The molecule has 0 aliphatic carbocycles. The fraction of sp³-hybridized carbons (Fsp3) is 0.357. The number of hydrogen-bond acceptors (Lipinski definition) is 3. The van der Waals surface area contributed by atoms with Gasteiger partial charge >= 0.3 is 0 Å². The van der Waals surface area contributed by atoms with E-state index in [1.807, 2.05) is 6.92 Å². The molecule has 0 atom stereocenters. The number of benzene rings is 1. The summed E-state index contributed by atoms with van der Waals surface area (Å²) in [5.74, 6) is -0.0627. The lowest BCUT2D eigenvalue weighted by atomic mass is 10.2. The topological polar surface area (TPSA) is 75.3 Å². The van der Waals surface area contributed by atoms with E-state index in [0.29, 0.717) is 12.1 Å². The molecule has 0 spiro atoms. The van der Waals surface area contributed by atoms with Gasteiger partial charge in [-0.3, -0.25) is 4.79 Å². The molecule has 0 saturated carbocycles. The van der Waals surface area contributed by atoms with Crippen LogP contribution in [0.5, 0.6) is 0 Å². The summed E-state index contributed by atoms with van der Waals surface area (Å²) in [5, 5.41) is 2.73. The van der Waals surface area contributed by atoms with Crippen molar-refractivity contribution < 1.29 is 13.2 Å². The Kier molecular flexibility index (Phi) is 6.41. The minimum absolute atomic E-state index is 0.0627. The Morgan fingerprint density at radius 1 is 1.30 bits per heavy atom. The molecule has 0 unspecified atom stereocenters. The molecule has 110 valence electrons. The zero-order valence-electron chi connectivity index (χ0n) is 11.6. The molecule has 0 saturated heterocycles. The van der Waals surface area contributed by atoms with Crippen LogP contribution in [0.15, 0.2) is 41.8 Å².